The van der Waals surface area contributed by atoms with Gasteiger partial charge in [-0.05, 0) is 30.3 Å². The molecule has 0 saturated carbocycles. The Kier molecular flexibility index (Phi) is 3.24. The molecule has 4 rings (SSSR count). The second-order valence-electron chi connectivity index (χ2n) is 5.25. The number of aromatic amines is 1. The van der Waals surface area contributed by atoms with Gasteiger partial charge in [0.05, 0.1) is 11.0 Å². The summed E-state index contributed by atoms with van der Waals surface area (Å²) >= 11 is 5.94. The number of halogens is 1. The standard InChI is InChI=1S/C18H12ClN3O/c19-13-4-1-5-14(10-13)21-18(23)15-9-12-7-6-11-3-2-8-20-16(11)17(12)22-15/h1-10,22H,(H,21,23). The Hall–Kier alpha value is -2.85. The number of H-pyrrole nitrogens is 1. The first-order valence-electron chi connectivity index (χ1n) is 7.14. The molecule has 0 aliphatic heterocycles. The number of pyridine rings is 1. The van der Waals surface area contributed by atoms with Crippen LogP contribution in [0.1, 0.15) is 10.5 Å². The van der Waals surface area contributed by atoms with Crippen LogP contribution in [0.3, 0.4) is 0 Å². The van der Waals surface area contributed by atoms with Crippen LogP contribution >= 0.6 is 11.6 Å². The molecule has 4 aromatic rings. The van der Waals surface area contributed by atoms with Crippen molar-refractivity contribution in [2.45, 2.75) is 0 Å². The first-order valence-corrected chi connectivity index (χ1v) is 7.52. The fraction of sp³-hybridized carbons (Fsp3) is 0. The van der Waals surface area contributed by atoms with Gasteiger partial charge in [0.2, 0.25) is 0 Å². The fourth-order valence-corrected chi connectivity index (χ4v) is 2.82. The molecule has 1 amide bonds. The smallest absolute Gasteiger partial charge is 0.272 e. The molecule has 2 aromatic carbocycles. The summed E-state index contributed by atoms with van der Waals surface area (Å²) in [5.74, 6) is -0.215. The maximum atomic E-state index is 12.4. The lowest BCUT2D eigenvalue weighted by molar-refractivity contribution is 0.102. The molecule has 0 atom stereocenters. The quantitative estimate of drug-likeness (QED) is 0.566. The van der Waals surface area contributed by atoms with Crippen molar-refractivity contribution < 1.29 is 4.79 Å². The predicted molar refractivity (Wildman–Crippen MR) is 93.0 cm³/mol. The van der Waals surface area contributed by atoms with E-state index in [1.54, 1.807) is 30.5 Å². The van der Waals surface area contributed by atoms with E-state index in [0.29, 0.717) is 16.4 Å². The van der Waals surface area contributed by atoms with Crippen LogP contribution in [0.25, 0.3) is 21.8 Å². The molecule has 112 valence electrons. The van der Waals surface area contributed by atoms with Crippen molar-refractivity contribution in [3.05, 3.63) is 71.5 Å². The van der Waals surface area contributed by atoms with Crippen molar-refractivity contribution in [2.24, 2.45) is 0 Å². The molecule has 0 saturated heterocycles. The Balaban J connectivity index is 1.74. The molecule has 0 aliphatic carbocycles. The van der Waals surface area contributed by atoms with Crippen LogP contribution in [-0.4, -0.2) is 15.9 Å². The third kappa shape index (κ3) is 2.53. The molecule has 0 aliphatic rings. The van der Waals surface area contributed by atoms with Crippen molar-refractivity contribution in [1.29, 1.82) is 0 Å². The number of fused-ring (bicyclic) bond motifs is 3. The summed E-state index contributed by atoms with van der Waals surface area (Å²) in [7, 11) is 0. The summed E-state index contributed by atoms with van der Waals surface area (Å²) in [6.45, 7) is 0. The van der Waals surface area contributed by atoms with E-state index in [1.165, 1.54) is 0 Å². The molecule has 2 N–H and O–H groups in total. The minimum Gasteiger partial charge on any atom is -0.349 e. The van der Waals surface area contributed by atoms with Gasteiger partial charge in [-0.25, -0.2) is 0 Å². The molecular formula is C18H12ClN3O. The normalized spacial score (nSPS) is 11.0. The Morgan fingerprint density at radius 2 is 1.91 bits per heavy atom. The van der Waals surface area contributed by atoms with E-state index in [-0.39, 0.29) is 5.91 Å². The highest BCUT2D eigenvalue weighted by atomic mass is 35.5. The molecule has 2 aromatic heterocycles. The molecule has 23 heavy (non-hydrogen) atoms. The van der Waals surface area contributed by atoms with Crippen molar-refractivity contribution in [2.75, 3.05) is 5.32 Å². The summed E-state index contributed by atoms with van der Waals surface area (Å²) in [6, 6.07) is 16.7. The number of nitrogens with one attached hydrogen (secondary N) is 2. The molecule has 0 spiro atoms. The van der Waals surface area contributed by atoms with E-state index in [9.17, 15) is 4.79 Å². The zero-order valence-corrected chi connectivity index (χ0v) is 12.8. The minimum absolute atomic E-state index is 0.215. The van der Waals surface area contributed by atoms with Crippen molar-refractivity contribution in [1.82, 2.24) is 9.97 Å². The topological polar surface area (TPSA) is 57.8 Å². The third-order valence-electron chi connectivity index (χ3n) is 3.69. The van der Waals surface area contributed by atoms with Crippen LogP contribution < -0.4 is 5.32 Å². The van der Waals surface area contributed by atoms with Crippen LogP contribution in [0.5, 0.6) is 0 Å². The number of carbonyl (C=O) groups is 1. The maximum absolute atomic E-state index is 12.4. The van der Waals surface area contributed by atoms with Gasteiger partial charge in [-0.1, -0.05) is 35.9 Å². The largest absolute Gasteiger partial charge is 0.349 e. The number of carbonyl (C=O) groups excluding carboxylic acids is 1. The number of aromatic nitrogens is 2. The second kappa shape index (κ2) is 5.41. The third-order valence-corrected chi connectivity index (χ3v) is 3.93. The number of amides is 1. The Bertz CT molecular complexity index is 1040. The first kappa shape index (κ1) is 13.8. The molecule has 4 nitrogen and oxygen atoms in total. The van der Waals surface area contributed by atoms with Crippen molar-refractivity contribution in [3.63, 3.8) is 0 Å². The second-order valence-corrected chi connectivity index (χ2v) is 5.69. The molecule has 0 radical (unpaired) electrons. The average Bonchev–Trinajstić information content (AvgIpc) is 3.00. The van der Waals surface area contributed by atoms with Gasteiger partial charge in [0, 0.05) is 27.7 Å². The SMILES string of the molecule is O=C(Nc1cccc(Cl)c1)c1cc2ccc3cccnc3c2[nH]1. The van der Waals surface area contributed by atoms with Crippen LogP contribution in [0, 0.1) is 0 Å². The van der Waals surface area contributed by atoms with Gasteiger partial charge in [0.15, 0.2) is 0 Å². The van der Waals surface area contributed by atoms with Gasteiger partial charge in [-0.2, -0.15) is 0 Å². The van der Waals surface area contributed by atoms with Gasteiger partial charge < -0.3 is 10.3 Å². The van der Waals surface area contributed by atoms with Crippen LogP contribution in [0.2, 0.25) is 5.02 Å². The van der Waals surface area contributed by atoms with E-state index in [1.807, 2.05) is 30.3 Å². The first-order chi connectivity index (χ1) is 11.2. The summed E-state index contributed by atoms with van der Waals surface area (Å²) in [5, 5.41) is 5.39. The summed E-state index contributed by atoms with van der Waals surface area (Å²) < 4.78 is 0. The molecule has 0 unspecified atom stereocenters. The highest BCUT2D eigenvalue weighted by molar-refractivity contribution is 6.31. The van der Waals surface area contributed by atoms with Crippen LogP contribution in [0.15, 0.2) is 60.8 Å². The van der Waals surface area contributed by atoms with Gasteiger partial charge in [0.25, 0.3) is 5.91 Å². The Morgan fingerprint density at radius 3 is 2.78 bits per heavy atom. The maximum Gasteiger partial charge on any atom is 0.272 e. The zero-order chi connectivity index (χ0) is 15.8. The molecule has 5 heteroatoms. The number of hydrogen-bond donors (Lipinski definition) is 2. The lowest BCUT2D eigenvalue weighted by Crippen LogP contribution is -2.12. The number of hydrogen-bond acceptors (Lipinski definition) is 2. The van der Waals surface area contributed by atoms with E-state index >= 15 is 0 Å². The number of rotatable bonds is 2. The monoisotopic (exact) mass is 321 g/mol. The van der Waals surface area contributed by atoms with E-state index in [2.05, 4.69) is 15.3 Å². The zero-order valence-electron chi connectivity index (χ0n) is 12.0. The highest BCUT2D eigenvalue weighted by Gasteiger charge is 2.12. The number of benzene rings is 2. The summed E-state index contributed by atoms with van der Waals surface area (Å²) in [5.41, 5.74) is 2.86. The van der Waals surface area contributed by atoms with Crippen molar-refractivity contribution >= 4 is 45.0 Å². The fourth-order valence-electron chi connectivity index (χ4n) is 2.63. The predicted octanol–water partition coefficient (Wildman–Crippen LogP) is 4.62. The number of nitrogens with zero attached hydrogens (tertiary/aromatic N) is 1. The van der Waals surface area contributed by atoms with E-state index < -0.39 is 0 Å². The van der Waals surface area contributed by atoms with Gasteiger partial charge in [-0.3, -0.25) is 9.78 Å². The highest BCUT2D eigenvalue weighted by Crippen LogP contribution is 2.24. The van der Waals surface area contributed by atoms with E-state index in [4.69, 9.17) is 11.6 Å². The minimum atomic E-state index is -0.215. The number of anilines is 1. The summed E-state index contributed by atoms with van der Waals surface area (Å²) in [4.78, 5) is 20.0. The molecular weight excluding hydrogens is 310 g/mol. The Labute approximate surface area is 137 Å². The lowest BCUT2D eigenvalue weighted by Gasteiger charge is -2.03. The molecule has 0 bridgehead atoms. The Morgan fingerprint density at radius 1 is 1.04 bits per heavy atom. The van der Waals surface area contributed by atoms with Crippen molar-refractivity contribution in [3.8, 4) is 0 Å². The lowest BCUT2D eigenvalue weighted by atomic mass is 10.1. The summed E-state index contributed by atoms with van der Waals surface area (Å²) in [6.07, 6.45) is 1.74. The molecule has 2 heterocycles. The van der Waals surface area contributed by atoms with Crippen LogP contribution in [-0.2, 0) is 0 Å². The van der Waals surface area contributed by atoms with E-state index in [0.717, 1.165) is 21.8 Å². The van der Waals surface area contributed by atoms with Gasteiger partial charge in [-0.15, -0.1) is 0 Å². The van der Waals surface area contributed by atoms with Gasteiger partial charge in [0.1, 0.15) is 5.69 Å². The average molecular weight is 322 g/mol. The van der Waals surface area contributed by atoms with Crippen LogP contribution in [0.4, 0.5) is 5.69 Å². The molecule has 0 fully saturated rings. The van der Waals surface area contributed by atoms with Gasteiger partial charge >= 0.3 is 0 Å².